The Balaban J connectivity index is 1.94. The van der Waals surface area contributed by atoms with E-state index in [9.17, 15) is 0 Å². The van der Waals surface area contributed by atoms with Crippen molar-refractivity contribution in [1.82, 2.24) is 0 Å². The molecule has 0 saturated heterocycles. The molecule has 0 aromatic rings. The molecule has 3 atom stereocenters. The van der Waals surface area contributed by atoms with Crippen molar-refractivity contribution in [2.75, 3.05) is 0 Å². The molecule has 1 fully saturated rings. The quantitative estimate of drug-likeness (QED) is 0.329. The van der Waals surface area contributed by atoms with Crippen molar-refractivity contribution in [2.24, 2.45) is 23.7 Å². The average molecular weight is 293 g/mol. The minimum Gasteiger partial charge on any atom is -0.0859 e. The molecule has 3 unspecified atom stereocenters. The molecule has 0 spiro atoms. The third-order valence-corrected chi connectivity index (χ3v) is 5.39. The van der Waals surface area contributed by atoms with E-state index in [0.717, 1.165) is 23.7 Å². The second kappa shape index (κ2) is 10.5. The van der Waals surface area contributed by atoms with Crippen molar-refractivity contribution >= 4 is 0 Å². The summed E-state index contributed by atoms with van der Waals surface area (Å²) in [5.41, 5.74) is 1.47. The fourth-order valence-corrected chi connectivity index (χ4v) is 3.45. The van der Waals surface area contributed by atoms with Gasteiger partial charge >= 0.3 is 0 Å². The summed E-state index contributed by atoms with van der Waals surface area (Å²) < 4.78 is 0. The zero-order valence-corrected chi connectivity index (χ0v) is 15.5. The van der Waals surface area contributed by atoms with Crippen LogP contribution in [0, 0.1) is 23.7 Å². The third-order valence-electron chi connectivity index (χ3n) is 5.39. The topological polar surface area (TPSA) is 0 Å². The summed E-state index contributed by atoms with van der Waals surface area (Å²) in [4.78, 5) is 0. The first-order valence-corrected chi connectivity index (χ1v) is 9.62. The van der Waals surface area contributed by atoms with E-state index < -0.39 is 0 Å². The van der Waals surface area contributed by atoms with Gasteiger partial charge in [0, 0.05) is 0 Å². The van der Waals surface area contributed by atoms with E-state index in [2.05, 4.69) is 40.7 Å². The van der Waals surface area contributed by atoms with Crippen molar-refractivity contribution in [1.29, 1.82) is 0 Å². The van der Waals surface area contributed by atoms with Crippen LogP contribution in [-0.4, -0.2) is 0 Å². The highest BCUT2D eigenvalue weighted by Gasteiger charge is 2.27. The van der Waals surface area contributed by atoms with Crippen LogP contribution in [0.4, 0.5) is 0 Å². The maximum Gasteiger partial charge on any atom is -0.0346 e. The second-order valence-corrected chi connectivity index (χ2v) is 8.25. The van der Waals surface area contributed by atoms with Gasteiger partial charge in [0.1, 0.15) is 0 Å². The smallest absolute Gasteiger partial charge is 0.0346 e. The highest BCUT2D eigenvalue weighted by atomic mass is 14.3. The molecule has 21 heavy (non-hydrogen) atoms. The lowest BCUT2D eigenvalue weighted by Gasteiger charge is -2.15. The Labute approximate surface area is 134 Å². The number of rotatable bonds is 12. The fraction of sp³-hybridized carbons (Fsp3) is 0.905. The fourth-order valence-electron chi connectivity index (χ4n) is 3.45. The van der Waals surface area contributed by atoms with Crippen molar-refractivity contribution in [3.8, 4) is 0 Å². The van der Waals surface area contributed by atoms with Gasteiger partial charge in [-0.25, -0.2) is 0 Å². The zero-order chi connectivity index (χ0) is 15.7. The van der Waals surface area contributed by atoms with Gasteiger partial charge in [0.15, 0.2) is 0 Å². The summed E-state index contributed by atoms with van der Waals surface area (Å²) >= 11 is 0. The summed E-state index contributed by atoms with van der Waals surface area (Å²) in [5, 5.41) is 0. The van der Waals surface area contributed by atoms with Gasteiger partial charge < -0.3 is 0 Å². The van der Waals surface area contributed by atoms with E-state index in [1.807, 2.05) is 0 Å². The maximum absolute atomic E-state index is 2.47. The average Bonchev–Trinajstić information content (AvgIpc) is 3.22. The molecule has 0 amide bonds. The van der Waals surface area contributed by atoms with Gasteiger partial charge in [-0.15, -0.1) is 0 Å². The van der Waals surface area contributed by atoms with Crippen LogP contribution in [0.15, 0.2) is 11.6 Å². The Hall–Kier alpha value is -0.260. The van der Waals surface area contributed by atoms with Crippen LogP contribution in [-0.2, 0) is 0 Å². The van der Waals surface area contributed by atoms with Gasteiger partial charge in [-0.2, -0.15) is 0 Å². The van der Waals surface area contributed by atoms with Gasteiger partial charge in [-0.05, 0) is 63.2 Å². The molecule has 0 heterocycles. The SMILES string of the molecule is CC(C)=CCCC(C)CCCC(C)CCCC(C)C1CC1. The van der Waals surface area contributed by atoms with Gasteiger partial charge in [0.2, 0.25) is 0 Å². The Kier molecular flexibility index (Phi) is 9.36. The van der Waals surface area contributed by atoms with Crippen LogP contribution in [0.5, 0.6) is 0 Å². The Morgan fingerprint density at radius 2 is 1.38 bits per heavy atom. The van der Waals surface area contributed by atoms with E-state index in [0.29, 0.717) is 0 Å². The predicted molar refractivity (Wildman–Crippen MR) is 96.6 cm³/mol. The summed E-state index contributed by atoms with van der Waals surface area (Å²) in [5.74, 6) is 3.96. The molecule has 0 nitrogen and oxygen atoms in total. The van der Waals surface area contributed by atoms with E-state index in [4.69, 9.17) is 0 Å². The molecule has 1 rings (SSSR count). The van der Waals surface area contributed by atoms with E-state index in [1.54, 1.807) is 0 Å². The Bertz CT molecular complexity index is 280. The minimum absolute atomic E-state index is 0.905. The van der Waals surface area contributed by atoms with Crippen molar-refractivity contribution < 1.29 is 0 Å². The molecule has 0 heteroatoms. The molecule has 124 valence electrons. The first kappa shape index (κ1) is 18.8. The lowest BCUT2D eigenvalue weighted by molar-refractivity contribution is 0.377. The lowest BCUT2D eigenvalue weighted by atomic mass is 9.91. The molecular weight excluding hydrogens is 252 g/mol. The Morgan fingerprint density at radius 3 is 1.90 bits per heavy atom. The van der Waals surface area contributed by atoms with Crippen LogP contribution < -0.4 is 0 Å². The summed E-state index contributed by atoms with van der Waals surface area (Å²) in [6, 6.07) is 0. The molecule has 0 N–H and O–H groups in total. The van der Waals surface area contributed by atoms with E-state index in [-0.39, 0.29) is 0 Å². The molecule has 1 saturated carbocycles. The molecule has 1 aliphatic carbocycles. The lowest BCUT2D eigenvalue weighted by Crippen LogP contribution is -2.01. The van der Waals surface area contributed by atoms with Crippen LogP contribution in [0.1, 0.15) is 98.8 Å². The summed E-state index contributed by atoms with van der Waals surface area (Å²) in [6.07, 6.45) is 16.8. The molecule has 0 aromatic carbocycles. The highest BCUT2D eigenvalue weighted by molar-refractivity contribution is 4.92. The molecule has 0 aromatic heterocycles. The Morgan fingerprint density at radius 1 is 0.857 bits per heavy atom. The number of allylic oxidation sites excluding steroid dienone is 2. The van der Waals surface area contributed by atoms with Crippen LogP contribution in [0.2, 0.25) is 0 Å². The second-order valence-electron chi connectivity index (χ2n) is 8.25. The van der Waals surface area contributed by atoms with Gasteiger partial charge in [0.25, 0.3) is 0 Å². The maximum atomic E-state index is 2.47. The van der Waals surface area contributed by atoms with Crippen LogP contribution in [0.25, 0.3) is 0 Å². The molecular formula is C21H40. The predicted octanol–water partition coefficient (Wildman–Crippen LogP) is 7.39. The molecule has 0 aliphatic heterocycles. The van der Waals surface area contributed by atoms with Gasteiger partial charge in [-0.3, -0.25) is 0 Å². The number of hydrogen-bond acceptors (Lipinski definition) is 0. The van der Waals surface area contributed by atoms with Crippen molar-refractivity contribution in [3.05, 3.63) is 11.6 Å². The molecule has 0 radical (unpaired) electrons. The van der Waals surface area contributed by atoms with Crippen molar-refractivity contribution in [3.63, 3.8) is 0 Å². The van der Waals surface area contributed by atoms with Gasteiger partial charge in [0.05, 0.1) is 0 Å². The van der Waals surface area contributed by atoms with Crippen LogP contribution in [0.3, 0.4) is 0 Å². The minimum atomic E-state index is 0.905. The zero-order valence-electron chi connectivity index (χ0n) is 15.5. The van der Waals surface area contributed by atoms with E-state index in [1.165, 1.54) is 69.8 Å². The molecule has 1 aliphatic rings. The van der Waals surface area contributed by atoms with E-state index >= 15 is 0 Å². The van der Waals surface area contributed by atoms with Crippen LogP contribution >= 0.6 is 0 Å². The van der Waals surface area contributed by atoms with Crippen molar-refractivity contribution in [2.45, 2.75) is 98.8 Å². The molecule has 0 bridgehead atoms. The standard InChI is InChI=1S/C21H40/c1-17(2)9-6-10-18(3)11-7-12-19(4)13-8-14-20(5)21-15-16-21/h9,18-21H,6-8,10-16H2,1-5H3. The third kappa shape index (κ3) is 10.1. The highest BCUT2D eigenvalue weighted by Crippen LogP contribution is 2.39. The first-order chi connectivity index (χ1) is 9.99. The summed E-state index contributed by atoms with van der Waals surface area (Å²) in [7, 11) is 0. The first-order valence-electron chi connectivity index (χ1n) is 9.62. The number of hydrogen-bond donors (Lipinski definition) is 0. The van der Waals surface area contributed by atoms with Gasteiger partial charge in [-0.1, -0.05) is 70.9 Å². The normalized spacial score (nSPS) is 19.1. The largest absolute Gasteiger partial charge is 0.0859 e. The monoisotopic (exact) mass is 292 g/mol. The summed E-state index contributed by atoms with van der Waals surface area (Å²) in [6.45, 7) is 11.8.